The predicted octanol–water partition coefficient (Wildman–Crippen LogP) is 3.95. The van der Waals surface area contributed by atoms with Gasteiger partial charge in [-0.05, 0) is 48.9 Å². The third kappa shape index (κ3) is 6.96. The number of benzene rings is 2. The van der Waals surface area contributed by atoms with Gasteiger partial charge in [0, 0.05) is 24.9 Å². The van der Waals surface area contributed by atoms with Crippen LogP contribution >= 0.6 is 11.3 Å². The average Bonchev–Trinajstić information content (AvgIpc) is 3.64. The molecule has 8 nitrogen and oxygen atoms in total. The van der Waals surface area contributed by atoms with Crippen LogP contribution in [-0.2, 0) is 14.3 Å². The highest BCUT2D eigenvalue weighted by Crippen LogP contribution is 2.30. The maximum Gasteiger partial charge on any atom is 0.261 e. The van der Waals surface area contributed by atoms with Gasteiger partial charge in [0.25, 0.3) is 5.91 Å². The van der Waals surface area contributed by atoms with Gasteiger partial charge in [0.15, 0.2) is 0 Å². The van der Waals surface area contributed by atoms with Crippen LogP contribution in [0.15, 0.2) is 72.1 Å². The van der Waals surface area contributed by atoms with Crippen molar-refractivity contribution >= 4 is 34.7 Å². The topological polar surface area (TPSA) is 97.0 Å². The van der Waals surface area contributed by atoms with E-state index in [9.17, 15) is 14.4 Å². The molecule has 4 rings (SSSR count). The Morgan fingerprint density at radius 1 is 1.08 bits per heavy atom. The Hall–Kier alpha value is -3.69. The molecule has 37 heavy (non-hydrogen) atoms. The zero-order valence-electron chi connectivity index (χ0n) is 20.7. The maximum absolute atomic E-state index is 13.7. The summed E-state index contributed by atoms with van der Waals surface area (Å²) in [6.07, 6.45) is 1.79. The summed E-state index contributed by atoms with van der Waals surface area (Å²) < 4.78 is 11.3. The van der Waals surface area contributed by atoms with E-state index in [1.165, 1.54) is 16.2 Å². The van der Waals surface area contributed by atoms with Crippen molar-refractivity contribution in [2.45, 2.75) is 31.9 Å². The van der Waals surface area contributed by atoms with Gasteiger partial charge in [0.05, 0.1) is 24.1 Å². The van der Waals surface area contributed by atoms with Gasteiger partial charge < -0.3 is 20.1 Å². The number of amides is 3. The van der Waals surface area contributed by atoms with Gasteiger partial charge in [-0.1, -0.05) is 42.5 Å². The van der Waals surface area contributed by atoms with Crippen molar-refractivity contribution in [1.29, 1.82) is 0 Å². The number of carbonyl (C=O) groups is 3. The molecule has 2 aromatic carbocycles. The van der Waals surface area contributed by atoms with Crippen molar-refractivity contribution in [1.82, 2.24) is 10.6 Å². The molecule has 0 aliphatic carbocycles. The summed E-state index contributed by atoms with van der Waals surface area (Å²) in [7, 11) is 0. The number of nitrogens with one attached hydrogen (secondary N) is 2. The number of rotatable bonds is 11. The smallest absolute Gasteiger partial charge is 0.261 e. The average molecular weight is 522 g/mol. The summed E-state index contributed by atoms with van der Waals surface area (Å²) in [4.78, 5) is 41.9. The summed E-state index contributed by atoms with van der Waals surface area (Å²) in [6, 6.07) is 18.7. The summed E-state index contributed by atoms with van der Waals surface area (Å²) in [6.45, 7) is 3.09. The van der Waals surface area contributed by atoms with Crippen molar-refractivity contribution in [2.24, 2.45) is 0 Å². The summed E-state index contributed by atoms with van der Waals surface area (Å²) in [5.41, 5.74) is 1.13. The third-order valence-electron chi connectivity index (χ3n) is 5.97. The van der Waals surface area contributed by atoms with E-state index >= 15 is 0 Å². The number of anilines is 1. The van der Waals surface area contributed by atoms with Crippen LogP contribution in [0.3, 0.4) is 0 Å². The number of thiophene rings is 1. The zero-order chi connectivity index (χ0) is 26.0. The van der Waals surface area contributed by atoms with E-state index < -0.39 is 11.9 Å². The van der Waals surface area contributed by atoms with Crippen molar-refractivity contribution < 1.29 is 23.9 Å². The van der Waals surface area contributed by atoms with E-state index in [1.807, 2.05) is 37.3 Å². The SMILES string of the molecule is CCOc1cccc(N(C(=O)CNC(=O)c2cccs2)[C@@H](C(=O)NC[C@@H]2CCCO2)c2ccccc2)c1. The van der Waals surface area contributed by atoms with E-state index in [2.05, 4.69) is 10.6 Å². The molecule has 3 aromatic rings. The standard InChI is InChI=1S/C28H31N3O5S/c1-2-35-22-12-6-11-21(17-22)31(25(32)19-30-27(33)24-14-8-16-37-24)26(20-9-4-3-5-10-20)28(34)29-18-23-13-7-15-36-23/h3-6,8-12,14,16-17,23,26H,2,7,13,15,18-19H2,1H3,(H,29,34)(H,30,33)/t23-,26+/m0/s1. The first-order chi connectivity index (χ1) is 18.1. The van der Waals surface area contributed by atoms with Crippen LogP contribution in [-0.4, -0.2) is 50.1 Å². The van der Waals surface area contributed by atoms with Gasteiger partial charge in [-0.15, -0.1) is 11.3 Å². The van der Waals surface area contributed by atoms with E-state index in [0.717, 1.165) is 12.8 Å². The minimum atomic E-state index is -0.967. The zero-order valence-corrected chi connectivity index (χ0v) is 21.5. The Morgan fingerprint density at radius 2 is 1.92 bits per heavy atom. The molecule has 2 N–H and O–H groups in total. The van der Waals surface area contributed by atoms with Gasteiger partial charge >= 0.3 is 0 Å². The molecule has 1 aliphatic rings. The molecule has 0 bridgehead atoms. The van der Waals surface area contributed by atoms with Crippen LogP contribution in [0.2, 0.25) is 0 Å². The Bertz CT molecular complexity index is 1180. The fourth-order valence-electron chi connectivity index (χ4n) is 4.23. The fourth-order valence-corrected chi connectivity index (χ4v) is 4.87. The molecule has 2 heterocycles. The van der Waals surface area contributed by atoms with Crippen LogP contribution in [0.4, 0.5) is 5.69 Å². The Kier molecular flexibility index (Phi) is 9.29. The monoisotopic (exact) mass is 521 g/mol. The maximum atomic E-state index is 13.7. The highest BCUT2D eigenvalue weighted by molar-refractivity contribution is 7.12. The van der Waals surface area contributed by atoms with Crippen LogP contribution in [0.1, 0.15) is 41.0 Å². The minimum Gasteiger partial charge on any atom is -0.494 e. The molecule has 1 fully saturated rings. The Balaban J connectivity index is 1.65. The summed E-state index contributed by atoms with van der Waals surface area (Å²) >= 11 is 1.29. The lowest BCUT2D eigenvalue weighted by Gasteiger charge is -2.32. The second-order valence-electron chi connectivity index (χ2n) is 8.55. The normalized spacial score (nSPS) is 15.5. The highest BCUT2D eigenvalue weighted by atomic mass is 32.1. The quantitative estimate of drug-likeness (QED) is 0.398. The van der Waals surface area contributed by atoms with Crippen molar-refractivity contribution in [3.8, 4) is 5.75 Å². The first-order valence-electron chi connectivity index (χ1n) is 12.4. The molecule has 9 heteroatoms. The number of carbonyl (C=O) groups excluding carboxylic acids is 3. The van der Waals surface area contributed by atoms with Gasteiger partial charge in [-0.3, -0.25) is 19.3 Å². The molecule has 1 aromatic heterocycles. The summed E-state index contributed by atoms with van der Waals surface area (Å²) in [5, 5.41) is 7.47. The second kappa shape index (κ2) is 13.0. The molecule has 194 valence electrons. The van der Waals surface area contributed by atoms with Gasteiger partial charge in [-0.2, -0.15) is 0 Å². The predicted molar refractivity (Wildman–Crippen MR) is 143 cm³/mol. The number of nitrogens with zero attached hydrogens (tertiary/aromatic N) is 1. The van der Waals surface area contributed by atoms with Crippen LogP contribution in [0.25, 0.3) is 0 Å². The van der Waals surface area contributed by atoms with Crippen molar-refractivity contribution in [3.63, 3.8) is 0 Å². The Labute approximate surface area is 220 Å². The van der Waals surface area contributed by atoms with Gasteiger partial charge in [-0.25, -0.2) is 0 Å². The molecule has 3 amide bonds. The lowest BCUT2D eigenvalue weighted by Crippen LogP contribution is -2.48. The minimum absolute atomic E-state index is 0.0455. The number of ether oxygens (including phenoxy) is 2. The van der Waals surface area contributed by atoms with E-state index in [4.69, 9.17) is 9.47 Å². The first-order valence-corrected chi connectivity index (χ1v) is 13.3. The van der Waals surface area contributed by atoms with E-state index in [-0.39, 0.29) is 24.5 Å². The summed E-state index contributed by atoms with van der Waals surface area (Å²) in [5.74, 6) is -0.529. The molecule has 2 atom stereocenters. The van der Waals surface area contributed by atoms with Crippen molar-refractivity contribution in [2.75, 3.05) is 31.2 Å². The number of hydrogen-bond donors (Lipinski definition) is 2. The largest absolute Gasteiger partial charge is 0.494 e. The highest BCUT2D eigenvalue weighted by Gasteiger charge is 2.33. The molecule has 0 spiro atoms. The number of hydrogen-bond acceptors (Lipinski definition) is 6. The van der Waals surface area contributed by atoms with E-state index in [1.54, 1.807) is 41.8 Å². The van der Waals surface area contributed by atoms with Gasteiger partial charge in [0.2, 0.25) is 11.8 Å². The first kappa shape index (κ1) is 26.4. The molecule has 1 saturated heterocycles. The molecular formula is C28H31N3O5S. The Morgan fingerprint density at radius 3 is 2.62 bits per heavy atom. The lowest BCUT2D eigenvalue weighted by molar-refractivity contribution is -0.126. The fraction of sp³-hybridized carbons (Fsp3) is 0.321. The molecular weight excluding hydrogens is 490 g/mol. The van der Waals surface area contributed by atoms with Crippen LogP contribution in [0.5, 0.6) is 5.75 Å². The van der Waals surface area contributed by atoms with Crippen LogP contribution < -0.4 is 20.3 Å². The van der Waals surface area contributed by atoms with E-state index in [0.29, 0.717) is 41.6 Å². The van der Waals surface area contributed by atoms with Gasteiger partial charge in [0.1, 0.15) is 11.8 Å². The molecule has 0 saturated carbocycles. The molecule has 0 unspecified atom stereocenters. The molecule has 0 radical (unpaired) electrons. The third-order valence-corrected chi connectivity index (χ3v) is 6.84. The van der Waals surface area contributed by atoms with Crippen LogP contribution in [0, 0.1) is 0 Å². The van der Waals surface area contributed by atoms with Crippen molar-refractivity contribution in [3.05, 3.63) is 82.6 Å². The lowest BCUT2D eigenvalue weighted by atomic mass is 10.0. The second-order valence-corrected chi connectivity index (χ2v) is 9.50. The molecule has 1 aliphatic heterocycles.